The molecule has 3 N–H and O–H groups in total. The Hall–Kier alpha value is -2.82. The fourth-order valence-electron chi connectivity index (χ4n) is 2.22. The summed E-state index contributed by atoms with van der Waals surface area (Å²) in [7, 11) is 1.51. The van der Waals surface area contributed by atoms with Crippen molar-refractivity contribution < 1.29 is 9.59 Å². The highest BCUT2D eigenvalue weighted by Crippen LogP contribution is 2.22. The topological polar surface area (TPSA) is 70.2 Å². The van der Waals surface area contributed by atoms with Gasteiger partial charge in [0.2, 0.25) is 5.91 Å². The van der Waals surface area contributed by atoms with E-state index in [4.69, 9.17) is 0 Å². The second kappa shape index (κ2) is 7.98. The molecule has 0 aliphatic carbocycles. The molecule has 0 fully saturated rings. The lowest BCUT2D eigenvalue weighted by atomic mass is 9.98. The van der Waals surface area contributed by atoms with E-state index in [0.29, 0.717) is 0 Å². The molecular formula is C18H21N3O2. The molecule has 0 saturated heterocycles. The molecule has 1 atom stereocenters. The second-order valence-corrected chi connectivity index (χ2v) is 5.25. The first-order valence-electron chi connectivity index (χ1n) is 7.46. The summed E-state index contributed by atoms with van der Waals surface area (Å²) in [5, 5.41) is 7.87. The van der Waals surface area contributed by atoms with E-state index >= 15 is 0 Å². The third-order valence-electron chi connectivity index (χ3n) is 3.49. The van der Waals surface area contributed by atoms with Gasteiger partial charge in [0.25, 0.3) is 0 Å². The highest BCUT2D eigenvalue weighted by Gasteiger charge is 2.16. The Labute approximate surface area is 136 Å². The summed E-state index contributed by atoms with van der Waals surface area (Å²) < 4.78 is 0. The van der Waals surface area contributed by atoms with Crippen LogP contribution in [0.4, 0.5) is 4.79 Å². The minimum Gasteiger partial charge on any atom is -0.344 e. The summed E-state index contributed by atoms with van der Waals surface area (Å²) in [5.74, 6) is -0.247. The quantitative estimate of drug-likeness (QED) is 0.791. The Kier molecular flexibility index (Phi) is 5.74. The lowest BCUT2D eigenvalue weighted by Gasteiger charge is -2.20. The molecule has 1 unspecified atom stereocenters. The first-order chi connectivity index (χ1) is 11.1. The van der Waals surface area contributed by atoms with Crippen molar-refractivity contribution in [1.82, 2.24) is 16.0 Å². The van der Waals surface area contributed by atoms with Crippen LogP contribution in [0.3, 0.4) is 0 Å². The zero-order chi connectivity index (χ0) is 16.7. The maximum absolute atomic E-state index is 12.1. The van der Waals surface area contributed by atoms with Gasteiger partial charge >= 0.3 is 6.03 Å². The number of benzene rings is 2. The summed E-state index contributed by atoms with van der Waals surface area (Å²) >= 11 is 0. The van der Waals surface area contributed by atoms with Gasteiger partial charge < -0.3 is 16.0 Å². The number of hydrogen-bond acceptors (Lipinski definition) is 2. The molecule has 2 aromatic rings. The number of aryl methyl sites for hydroxylation is 1. The van der Waals surface area contributed by atoms with Crippen molar-refractivity contribution in [1.29, 1.82) is 0 Å². The molecule has 3 amide bonds. The van der Waals surface area contributed by atoms with Gasteiger partial charge in [0.05, 0.1) is 12.6 Å². The average Bonchev–Trinajstić information content (AvgIpc) is 2.59. The number of rotatable bonds is 5. The molecule has 0 radical (unpaired) electrons. The molecule has 0 bridgehead atoms. The maximum atomic E-state index is 12.1. The van der Waals surface area contributed by atoms with E-state index in [1.807, 2.05) is 61.5 Å². The van der Waals surface area contributed by atoms with Crippen LogP contribution < -0.4 is 16.0 Å². The molecule has 2 rings (SSSR count). The van der Waals surface area contributed by atoms with Crippen molar-refractivity contribution in [2.24, 2.45) is 0 Å². The second-order valence-electron chi connectivity index (χ2n) is 5.25. The Balaban J connectivity index is 2.16. The maximum Gasteiger partial charge on any atom is 0.314 e. The summed E-state index contributed by atoms with van der Waals surface area (Å²) in [4.78, 5) is 23.3. The average molecular weight is 311 g/mol. The van der Waals surface area contributed by atoms with E-state index < -0.39 is 0 Å². The number of hydrogen-bond donors (Lipinski definition) is 3. The molecule has 0 spiro atoms. The van der Waals surface area contributed by atoms with Crippen molar-refractivity contribution >= 4 is 11.9 Å². The van der Waals surface area contributed by atoms with Crippen molar-refractivity contribution in [3.8, 4) is 0 Å². The standard InChI is InChI=1S/C18H21N3O2/c1-13-8-10-15(11-9-13)17(14-6-4-3-5-7-14)21-16(22)12-20-18(23)19-2/h3-11,17H,12H2,1-2H3,(H,21,22)(H2,19,20,23). The van der Waals surface area contributed by atoms with Crippen LogP contribution in [-0.2, 0) is 4.79 Å². The molecule has 23 heavy (non-hydrogen) atoms. The predicted molar refractivity (Wildman–Crippen MR) is 90.1 cm³/mol. The lowest BCUT2D eigenvalue weighted by Crippen LogP contribution is -2.42. The Morgan fingerprint density at radius 3 is 2.17 bits per heavy atom. The Morgan fingerprint density at radius 2 is 1.57 bits per heavy atom. The van der Waals surface area contributed by atoms with E-state index in [-0.39, 0.29) is 24.5 Å². The predicted octanol–water partition coefficient (Wildman–Crippen LogP) is 2.13. The summed E-state index contributed by atoms with van der Waals surface area (Å²) in [6, 6.07) is 17.1. The molecule has 0 heterocycles. The first-order valence-corrected chi connectivity index (χ1v) is 7.46. The van der Waals surface area contributed by atoms with Crippen molar-refractivity contribution in [2.45, 2.75) is 13.0 Å². The fraction of sp³-hybridized carbons (Fsp3) is 0.222. The fourth-order valence-corrected chi connectivity index (χ4v) is 2.22. The smallest absolute Gasteiger partial charge is 0.314 e. The van der Waals surface area contributed by atoms with Crippen LogP contribution in [0.5, 0.6) is 0 Å². The number of nitrogens with one attached hydrogen (secondary N) is 3. The number of carbonyl (C=O) groups excluding carboxylic acids is 2. The zero-order valence-electron chi connectivity index (χ0n) is 13.3. The van der Waals surface area contributed by atoms with Crippen LogP contribution in [0.2, 0.25) is 0 Å². The van der Waals surface area contributed by atoms with E-state index in [0.717, 1.165) is 16.7 Å². The van der Waals surface area contributed by atoms with Gasteiger partial charge in [-0.15, -0.1) is 0 Å². The summed E-state index contributed by atoms with van der Waals surface area (Å²) in [5.41, 5.74) is 3.15. The molecule has 0 saturated carbocycles. The summed E-state index contributed by atoms with van der Waals surface area (Å²) in [6.45, 7) is 1.95. The van der Waals surface area contributed by atoms with E-state index in [9.17, 15) is 9.59 Å². The van der Waals surface area contributed by atoms with Crippen LogP contribution in [-0.4, -0.2) is 25.5 Å². The largest absolute Gasteiger partial charge is 0.344 e. The number of carbonyl (C=O) groups is 2. The van der Waals surface area contributed by atoms with Gasteiger partial charge in [-0.1, -0.05) is 60.2 Å². The number of urea groups is 1. The Bertz CT molecular complexity index is 654. The van der Waals surface area contributed by atoms with Gasteiger partial charge in [-0.25, -0.2) is 4.79 Å². The van der Waals surface area contributed by atoms with Crippen LogP contribution in [0.25, 0.3) is 0 Å². The molecule has 0 aromatic heterocycles. The molecule has 5 heteroatoms. The molecule has 5 nitrogen and oxygen atoms in total. The third-order valence-corrected chi connectivity index (χ3v) is 3.49. The zero-order valence-corrected chi connectivity index (χ0v) is 13.3. The van der Waals surface area contributed by atoms with Crippen LogP contribution in [0.15, 0.2) is 54.6 Å². The van der Waals surface area contributed by atoms with Gasteiger partial charge in [0, 0.05) is 7.05 Å². The van der Waals surface area contributed by atoms with Gasteiger partial charge in [0.1, 0.15) is 0 Å². The minimum absolute atomic E-state index is 0.0745. The third kappa shape index (κ3) is 4.85. The normalized spacial score (nSPS) is 11.4. The first kappa shape index (κ1) is 16.5. The lowest BCUT2D eigenvalue weighted by molar-refractivity contribution is -0.120. The van der Waals surface area contributed by atoms with Gasteiger partial charge in [0.15, 0.2) is 0 Å². The van der Waals surface area contributed by atoms with Gasteiger partial charge in [-0.2, -0.15) is 0 Å². The van der Waals surface area contributed by atoms with Crippen LogP contribution in [0, 0.1) is 6.92 Å². The van der Waals surface area contributed by atoms with Crippen molar-refractivity contribution in [3.05, 3.63) is 71.3 Å². The van der Waals surface area contributed by atoms with E-state index in [1.165, 1.54) is 7.05 Å². The van der Waals surface area contributed by atoms with Gasteiger partial charge in [-0.05, 0) is 18.1 Å². The van der Waals surface area contributed by atoms with E-state index in [2.05, 4.69) is 16.0 Å². The molecule has 0 aliphatic heterocycles. The van der Waals surface area contributed by atoms with Crippen LogP contribution >= 0.6 is 0 Å². The SMILES string of the molecule is CNC(=O)NCC(=O)NC(c1ccccc1)c1ccc(C)cc1. The highest BCUT2D eigenvalue weighted by molar-refractivity contribution is 5.84. The van der Waals surface area contributed by atoms with Crippen molar-refractivity contribution in [3.63, 3.8) is 0 Å². The molecular weight excluding hydrogens is 290 g/mol. The van der Waals surface area contributed by atoms with E-state index in [1.54, 1.807) is 0 Å². The Morgan fingerprint density at radius 1 is 0.957 bits per heavy atom. The highest BCUT2D eigenvalue weighted by atomic mass is 16.2. The molecule has 2 aromatic carbocycles. The molecule has 120 valence electrons. The van der Waals surface area contributed by atoms with Crippen LogP contribution in [0.1, 0.15) is 22.7 Å². The monoisotopic (exact) mass is 311 g/mol. The van der Waals surface area contributed by atoms with Gasteiger partial charge in [-0.3, -0.25) is 4.79 Å². The molecule has 0 aliphatic rings. The number of amides is 3. The summed E-state index contributed by atoms with van der Waals surface area (Å²) in [6.07, 6.45) is 0. The minimum atomic E-state index is -0.383. The van der Waals surface area contributed by atoms with Crippen molar-refractivity contribution in [2.75, 3.05) is 13.6 Å².